The number of rotatable bonds is 9. The zero-order chi connectivity index (χ0) is 24.1. The second kappa shape index (κ2) is 14.4. The van der Waals surface area contributed by atoms with E-state index < -0.39 is 5.91 Å². The SMILES string of the molecule is CCCC(=N/C=C(\C)CCC(CC)C(C)C)C(N)=O.CN1C(=O)CCOc2ccccc21. The van der Waals surface area contributed by atoms with Crippen LogP contribution in [-0.2, 0) is 9.59 Å². The Morgan fingerprint density at radius 1 is 1.25 bits per heavy atom. The predicted molar refractivity (Wildman–Crippen MR) is 133 cm³/mol. The van der Waals surface area contributed by atoms with E-state index in [4.69, 9.17) is 10.5 Å². The van der Waals surface area contributed by atoms with Gasteiger partial charge in [-0.05, 0) is 50.2 Å². The van der Waals surface area contributed by atoms with Crippen LogP contribution < -0.4 is 15.4 Å². The lowest BCUT2D eigenvalue weighted by Crippen LogP contribution is -2.24. The Morgan fingerprint density at radius 2 is 1.94 bits per heavy atom. The molecule has 2 N–H and O–H groups in total. The molecule has 2 rings (SSSR count). The Bertz CT molecular complexity index is 799. The second-order valence-corrected chi connectivity index (χ2v) is 8.64. The molecule has 1 atom stereocenters. The molecule has 1 aromatic carbocycles. The summed E-state index contributed by atoms with van der Waals surface area (Å²) in [5, 5.41) is 0. The van der Waals surface area contributed by atoms with E-state index in [2.05, 4.69) is 32.7 Å². The number of allylic oxidation sites excluding steroid dienone is 1. The van der Waals surface area contributed by atoms with Gasteiger partial charge in [0.1, 0.15) is 11.5 Å². The third kappa shape index (κ3) is 9.25. The van der Waals surface area contributed by atoms with Crippen molar-refractivity contribution in [1.82, 2.24) is 0 Å². The summed E-state index contributed by atoms with van der Waals surface area (Å²) in [5.74, 6) is 1.97. The first-order valence-corrected chi connectivity index (χ1v) is 11.7. The van der Waals surface area contributed by atoms with Crippen molar-refractivity contribution in [1.29, 1.82) is 0 Å². The van der Waals surface area contributed by atoms with Crippen LogP contribution in [0, 0.1) is 11.8 Å². The number of aliphatic imine (C=N–C) groups is 1. The number of primary amides is 1. The summed E-state index contributed by atoms with van der Waals surface area (Å²) in [6.45, 7) is 11.4. The van der Waals surface area contributed by atoms with Gasteiger partial charge in [-0.3, -0.25) is 14.6 Å². The minimum atomic E-state index is -0.403. The molecule has 0 spiro atoms. The van der Waals surface area contributed by atoms with Crippen LogP contribution in [0.5, 0.6) is 5.75 Å². The second-order valence-electron chi connectivity index (χ2n) is 8.64. The number of carbonyl (C=O) groups excluding carboxylic acids is 2. The Kier molecular flexibility index (Phi) is 12.4. The molecule has 178 valence electrons. The van der Waals surface area contributed by atoms with Gasteiger partial charge in [0.2, 0.25) is 5.91 Å². The summed E-state index contributed by atoms with van der Waals surface area (Å²) < 4.78 is 5.43. The molecular weight excluding hydrogens is 402 g/mol. The van der Waals surface area contributed by atoms with Crippen LogP contribution in [0.25, 0.3) is 0 Å². The smallest absolute Gasteiger partial charge is 0.263 e. The van der Waals surface area contributed by atoms with Gasteiger partial charge in [-0.1, -0.05) is 58.2 Å². The van der Waals surface area contributed by atoms with Crippen LogP contribution in [-0.4, -0.2) is 31.2 Å². The van der Waals surface area contributed by atoms with Gasteiger partial charge in [-0.2, -0.15) is 0 Å². The van der Waals surface area contributed by atoms with E-state index in [0.29, 0.717) is 25.2 Å². The van der Waals surface area contributed by atoms with E-state index >= 15 is 0 Å². The third-order valence-corrected chi connectivity index (χ3v) is 5.76. The number of anilines is 1. The molecular formula is C26H41N3O3. The van der Waals surface area contributed by atoms with Gasteiger partial charge < -0.3 is 15.4 Å². The fraction of sp³-hybridized carbons (Fsp3) is 0.577. The zero-order valence-corrected chi connectivity index (χ0v) is 20.7. The number of hydrogen-bond acceptors (Lipinski definition) is 4. The van der Waals surface area contributed by atoms with Gasteiger partial charge >= 0.3 is 0 Å². The van der Waals surface area contributed by atoms with Crippen molar-refractivity contribution in [2.24, 2.45) is 22.6 Å². The highest BCUT2D eigenvalue weighted by molar-refractivity contribution is 6.38. The molecule has 6 nitrogen and oxygen atoms in total. The summed E-state index contributed by atoms with van der Waals surface area (Å²) in [5.41, 5.74) is 7.85. The van der Waals surface area contributed by atoms with Crippen LogP contribution in [0.2, 0.25) is 0 Å². The van der Waals surface area contributed by atoms with E-state index in [1.54, 1.807) is 11.9 Å². The van der Waals surface area contributed by atoms with Crippen molar-refractivity contribution in [3.05, 3.63) is 36.0 Å². The maximum absolute atomic E-state index is 11.4. The maximum Gasteiger partial charge on any atom is 0.263 e. The van der Waals surface area contributed by atoms with E-state index in [0.717, 1.165) is 36.1 Å². The van der Waals surface area contributed by atoms with Gasteiger partial charge in [0, 0.05) is 13.2 Å². The van der Waals surface area contributed by atoms with Crippen molar-refractivity contribution in [3.63, 3.8) is 0 Å². The fourth-order valence-corrected chi connectivity index (χ4v) is 3.57. The topological polar surface area (TPSA) is 85.0 Å². The Morgan fingerprint density at radius 3 is 2.53 bits per heavy atom. The van der Waals surface area contributed by atoms with Crippen LogP contribution in [0.3, 0.4) is 0 Å². The normalized spacial score (nSPS) is 15.3. The number of para-hydroxylation sites is 2. The number of carbonyl (C=O) groups is 2. The monoisotopic (exact) mass is 443 g/mol. The van der Waals surface area contributed by atoms with E-state index in [9.17, 15) is 9.59 Å². The number of fused-ring (bicyclic) bond motifs is 1. The molecule has 0 saturated heterocycles. The fourth-order valence-electron chi connectivity index (χ4n) is 3.57. The molecule has 32 heavy (non-hydrogen) atoms. The molecule has 1 unspecified atom stereocenters. The van der Waals surface area contributed by atoms with Gasteiger partial charge in [-0.25, -0.2) is 0 Å². The van der Waals surface area contributed by atoms with Crippen molar-refractivity contribution >= 4 is 23.2 Å². The van der Waals surface area contributed by atoms with Gasteiger partial charge in [-0.15, -0.1) is 0 Å². The summed E-state index contributed by atoms with van der Waals surface area (Å²) >= 11 is 0. The van der Waals surface area contributed by atoms with Crippen molar-refractivity contribution in [2.45, 2.75) is 73.1 Å². The van der Waals surface area contributed by atoms with E-state index in [1.165, 1.54) is 18.4 Å². The minimum Gasteiger partial charge on any atom is -0.491 e. The Labute approximate surface area is 193 Å². The van der Waals surface area contributed by atoms with Crippen LogP contribution in [0.4, 0.5) is 5.69 Å². The van der Waals surface area contributed by atoms with Gasteiger partial charge in [0.05, 0.1) is 18.7 Å². The maximum atomic E-state index is 11.4. The Hall–Kier alpha value is -2.63. The number of nitrogens with two attached hydrogens (primary N) is 1. The predicted octanol–water partition coefficient (Wildman–Crippen LogP) is 5.51. The largest absolute Gasteiger partial charge is 0.491 e. The molecule has 0 aliphatic carbocycles. The number of amides is 2. The van der Waals surface area contributed by atoms with Gasteiger partial charge in [0.25, 0.3) is 5.91 Å². The number of ether oxygens (including phenoxy) is 1. The standard InChI is InChI=1S/C16H30N2O.C10H11NO2/c1-6-8-15(16(17)19)18-11-13(5)9-10-14(7-2)12(3)4;1-11-8-4-2-3-5-9(8)13-7-6-10(11)12/h11-12,14H,6-10H2,1-5H3,(H2,17,19);2-5H,6-7H2,1H3/b13-11+,18-15?;. The molecule has 0 aromatic heterocycles. The first-order valence-electron chi connectivity index (χ1n) is 11.7. The first kappa shape index (κ1) is 27.4. The van der Waals surface area contributed by atoms with Crippen molar-refractivity contribution in [3.8, 4) is 5.75 Å². The van der Waals surface area contributed by atoms with E-state index in [-0.39, 0.29) is 5.91 Å². The first-order chi connectivity index (χ1) is 15.2. The van der Waals surface area contributed by atoms with Crippen LogP contribution >= 0.6 is 0 Å². The molecule has 1 heterocycles. The van der Waals surface area contributed by atoms with Crippen LogP contribution in [0.15, 0.2) is 41.0 Å². The zero-order valence-electron chi connectivity index (χ0n) is 20.7. The lowest BCUT2D eigenvalue weighted by Gasteiger charge is -2.18. The highest BCUT2D eigenvalue weighted by Crippen LogP contribution is 2.29. The molecule has 0 bridgehead atoms. The average molecular weight is 444 g/mol. The highest BCUT2D eigenvalue weighted by Gasteiger charge is 2.18. The lowest BCUT2D eigenvalue weighted by molar-refractivity contribution is -0.118. The molecule has 1 aliphatic heterocycles. The molecule has 0 saturated carbocycles. The van der Waals surface area contributed by atoms with Gasteiger partial charge in [0.15, 0.2) is 0 Å². The lowest BCUT2D eigenvalue weighted by atomic mass is 9.88. The number of hydrogen-bond donors (Lipinski definition) is 1. The molecule has 0 radical (unpaired) electrons. The summed E-state index contributed by atoms with van der Waals surface area (Å²) in [7, 11) is 1.77. The quantitative estimate of drug-likeness (QED) is 0.511. The summed E-state index contributed by atoms with van der Waals surface area (Å²) in [4.78, 5) is 28.5. The Balaban J connectivity index is 0.000000339. The molecule has 1 aliphatic rings. The molecule has 2 amide bonds. The number of nitrogens with zero attached hydrogens (tertiary/aromatic N) is 2. The van der Waals surface area contributed by atoms with Crippen molar-refractivity contribution in [2.75, 3.05) is 18.6 Å². The third-order valence-electron chi connectivity index (χ3n) is 5.76. The van der Waals surface area contributed by atoms with Crippen molar-refractivity contribution < 1.29 is 14.3 Å². The minimum absolute atomic E-state index is 0.102. The molecule has 6 heteroatoms. The van der Waals surface area contributed by atoms with E-state index in [1.807, 2.05) is 37.4 Å². The molecule has 1 aromatic rings. The molecule has 0 fully saturated rings. The highest BCUT2D eigenvalue weighted by atomic mass is 16.5. The summed E-state index contributed by atoms with van der Waals surface area (Å²) in [6, 6.07) is 7.57. The van der Waals surface area contributed by atoms with Crippen LogP contribution in [0.1, 0.15) is 73.1 Å². The summed E-state index contributed by atoms with van der Waals surface area (Å²) in [6.07, 6.45) is 7.25. The number of benzene rings is 1. The average Bonchev–Trinajstić information content (AvgIpc) is 2.90.